The lowest BCUT2D eigenvalue weighted by molar-refractivity contribution is 0.102. The minimum atomic E-state index is -2.97. The Morgan fingerprint density at radius 2 is 2.08 bits per heavy atom. The molecule has 0 aliphatic carbocycles. The molecule has 8 heteroatoms. The van der Waals surface area contributed by atoms with Crippen molar-refractivity contribution >= 4 is 38.7 Å². The zero-order valence-electron chi connectivity index (χ0n) is 14.6. The van der Waals surface area contributed by atoms with Crippen molar-refractivity contribution in [1.82, 2.24) is 4.98 Å². The van der Waals surface area contributed by atoms with Gasteiger partial charge in [-0.2, -0.15) is 0 Å². The van der Waals surface area contributed by atoms with Gasteiger partial charge in [-0.3, -0.25) is 9.78 Å². The van der Waals surface area contributed by atoms with E-state index in [1.165, 1.54) is 0 Å². The Morgan fingerprint density at radius 3 is 2.77 bits per heavy atom. The topological polar surface area (TPSA) is 79.4 Å². The van der Waals surface area contributed by atoms with E-state index in [0.29, 0.717) is 17.1 Å². The molecule has 1 amide bonds. The van der Waals surface area contributed by atoms with Crippen LogP contribution in [0.15, 0.2) is 36.5 Å². The van der Waals surface area contributed by atoms with Crippen molar-refractivity contribution in [3.8, 4) is 0 Å². The Morgan fingerprint density at radius 1 is 1.31 bits per heavy atom. The van der Waals surface area contributed by atoms with Crippen LogP contribution < -0.4 is 10.2 Å². The van der Waals surface area contributed by atoms with Crippen molar-refractivity contribution in [2.24, 2.45) is 0 Å². The third kappa shape index (κ3) is 4.16. The van der Waals surface area contributed by atoms with Crippen molar-refractivity contribution in [2.75, 3.05) is 28.8 Å². The van der Waals surface area contributed by atoms with Crippen molar-refractivity contribution in [1.29, 1.82) is 0 Å². The number of hydrogen-bond acceptors (Lipinski definition) is 5. The Kier molecular flexibility index (Phi) is 5.20. The number of aromatic nitrogens is 1. The highest BCUT2D eigenvalue weighted by Gasteiger charge is 2.31. The van der Waals surface area contributed by atoms with E-state index in [-0.39, 0.29) is 29.1 Å². The molecule has 0 radical (unpaired) electrons. The van der Waals surface area contributed by atoms with Crippen LogP contribution in [0.1, 0.15) is 22.5 Å². The smallest absolute Gasteiger partial charge is 0.274 e. The van der Waals surface area contributed by atoms with Gasteiger partial charge in [0.2, 0.25) is 0 Å². The predicted molar refractivity (Wildman–Crippen MR) is 104 cm³/mol. The van der Waals surface area contributed by atoms with Crippen molar-refractivity contribution < 1.29 is 13.2 Å². The van der Waals surface area contributed by atoms with Crippen LogP contribution in [0.5, 0.6) is 0 Å². The fourth-order valence-electron chi connectivity index (χ4n) is 2.97. The molecule has 1 fully saturated rings. The molecule has 1 aliphatic rings. The average Bonchev–Trinajstić information content (AvgIpc) is 2.97. The number of sulfone groups is 1. The molecule has 0 saturated carbocycles. The molecule has 0 spiro atoms. The van der Waals surface area contributed by atoms with Crippen LogP contribution in [0, 0.1) is 6.92 Å². The van der Waals surface area contributed by atoms with E-state index < -0.39 is 9.84 Å². The average molecular weight is 394 g/mol. The van der Waals surface area contributed by atoms with Gasteiger partial charge in [-0.25, -0.2) is 8.42 Å². The van der Waals surface area contributed by atoms with Gasteiger partial charge in [0.1, 0.15) is 5.69 Å². The number of amides is 1. The molecule has 1 saturated heterocycles. The van der Waals surface area contributed by atoms with Crippen LogP contribution >= 0.6 is 11.6 Å². The summed E-state index contributed by atoms with van der Waals surface area (Å²) < 4.78 is 23.4. The SMILES string of the molecule is Cc1ccc(Cl)cc1NC(=O)c1cc(N(C)C2CCS(=O)(=O)C2)ccn1. The third-order valence-electron chi connectivity index (χ3n) is 4.59. The molecule has 1 unspecified atom stereocenters. The van der Waals surface area contributed by atoms with Gasteiger partial charge in [-0.1, -0.05) is 17.7 Å². The number of nitrogens with one attached hydrogen (secondary N) is 1. The molecule has 2 aromatic rings. The van der Waals surface area contributed by atoms with Crippen LogP contribution in [-0.4, -0.2) is 43.9 Å². The second kappa shape index (κ2) is 7.25. The Bertz CT molecular complexity index is 946. The molecule has 6 nitrogen and oxygen atoms in total. The number of pyridine rings is 1. The van der Waals surface area contributed by atoms with Gasteiger partial charge in [0.05, 0.1) is 11.5 Å². The highest BCUT2D eigenvalue weighted by molar-refractivity contribution is 7.91. The third-order valence-corrected chi connectivity index (χ3v) is 6.57. The lowest BCUT2D eigenvalue weighted by atomic mass is 10.2. The lowest BCUT2D eigenvalue weighted by Gasteiger charge is -2.25. The molecule has 26 heavy (non-hydrogen) atoms. The zero-order valence-corrected chi connectivity index (χ0v) is 16.1. The minimum Gasteiger partial charge on any atom is -0.370 e. The summed E-state index contributed by atoms with van der Waals surface area (Å²) in [6.07, 6.45) is 2.14. The number of hydrogen-bond donors (Lipinski definition) is 1. The zero-order chi connectivity index (χ0) is 18.9. The monoisotopic (exact) mass is 393 g/mol. The summed E-state index contributed by atoms with van der Waals surface area (Å²) in [7, 11) is -1.14. The Labute approximate surface area is 158 Å². The number of anilines is 2. The number of halogens is 1. The maximum absolute atomic E-state index is 12.5. The Hall–Kier alpha value is -2.12. The summed E-state index contributed by atoms with van der Waals surface area (Å²) in [5, 5.41) is 3.35. The van der Waals surface area contributed by atoms with E-state index in [1.807, 2.05) is 24.9 Å². The number of rotatable bonds is 4. The van der Waals surface area contributed by atoms with E-state index in [1.54, 1.807) is 30.5 Å². The molecule has 2 heterocycles. The number of aryl methyl sites for hydroxylation is 1. The minimum absolute atomic E-state index is 0.0894. The Balaban J connectivity index is 1.78. The van der Waals surface area contributed by atoms with Crippen LogP contribution in [0.3, 0.4) is 0 Å². The largest absolute Gasteiger partial charge is 0.370 e. The standard InChI is InChI=1S/C18H20ClN3O3S/c1-12-3-4-13(19)9-16(12)21-18(23)17-10-14(5-7-20-17)22(2)15-6-8-26(24,25)11-15/h3-5,7,9-10,15H,6,8,11H2,1-2H3,(H,21,23). The van der Waals surface area contributed by atoms with Crippen molar-refractivity contribution in [3.63, 3.8) is 0 Å². The summed E-state index contributed by atoms with van der Waals surface area (Å²) in [6, 6.07) is 8.63. The first-order valence-electron chi connectivity index (χ1n) is 8.22. The molecule has 138 valence electrons. The second-order valence-electron chi connectivity index (χ2n) is 6.48. The van der Waals surface area contributed by atoms with Gasteiger partial charge in [0, 0.05) is 35.7 Å². The van der Waals surface area contributed by atoms with Crippen LogP contribution in [-0.2, 0) is 9.84 Å². The van der Waals surface area contributed by atoms with Gasteiger partial charge >= 0.3 is 0 Å². The summed E-state index contributed by atoms with van der Waals surface area (Å²) >= 11 is 5.99. The van der Waals surface area contributed by atoms with Crippen LogP contribution in [0.4, 0.5) is 11.4 Å². The summed E-state index contributed by atoms with van der Waals surface area (Å²) in [5.41, 5.74) is 2.54. The van der Waals surface area contributed by atoms with E-state index >= 15 is 0 Å². The molecule has 0 bridgehead atoms. The first-order valence-corrected chi connectivity index (χ1v) is 10.4. The molecule has 1 aliphatic heterocycles. The van der Waals surface area contributed by atoms with Crippen LogP contribution in [0.25, 0.3) is 0 Å². The molecule has 1 atom stereocenters. The predicted octanol–water partition coefficient (Wildman–Crippen LogP) is 2.92. The van der Waals surface area contributed by atoms with Crippen molar-refractivity contribution in [3.05, 3.63) is 52.8 Å². The van der Waals surface area contributed by atoms with E-state index in [4.69, 9.17) is 11.6 Å². The number of carbonyl (C=O) groups excluding carboxylic acids is 1. The number of carbonyl (C=O) groups is 1. The van der Waals surface area contributed by atoms with Gasteiger partial charge in [0.15, 0.2) is 9.84 Å². The normalized spacial score (nSPS) is 18.5. The maximum atomic E-state index is 12.5. The lowest BCUT2D eigenvalue weighted by Crippen LogP contribution is -2.32. The van der Waals surface area contributed by atoms with E-state index in [2.05, 4.69) is 10.3 Å². The van der Waals surface area contributed by atoms with Crippen LogP contribution in [0.2, 0.25) is 5.02 Å². The first-order chi connectivity index (χ1) is 12.2. The molecule has 1 N–H and O–H groups in total. The summed E-state index contributed by atoms with van der Waals surface area (Å²) in [4.78, 5) is 18.6. The highest BCUT2D eigenvalue weighted by atomic mass is 35.5. The van der Waals surface area contributed by atoms with E-state index in [9.17, 15) is 13.2 Å². The molecule has 1 aromatic carbocycles. The molecule has 3 rings (SSSR count). The second-order valence-corrected chi connectivity index (χ2v) is 9.15. The first kappa shape index (κ1) is 18.7. The quantitative estimate of drug-likeness (QED) is 0.863. The van der Waals surface area contributed by atoms with Gasteiger partial charge < -0.3 is 10.2 Å². The van der Waals surface area contributed by atoms with Gasteiger partial charge in [-0.15, -0.1) is 0 Å². The number of benzene rings is 1. The molecular formula is C18H20ClN3O3S. The van der Waals surface area contributed by atoms with Gasteiger partial charge in [0.25, 0.3) is 5.91 Å². The molecule has 1 aromatic heterocycles. The highest BCUT2D eigenvalue weighted by Crippen LogP contribution is 2.24. The number of nitrogens with zero attached hydrogens (tertiary/aromatic N) is 2. The summed E-state index contributed by atoms with van der Waals surface area (Å²) in [6.45, 7) is 1.88. The molecular weight excluding hydrogens is 374 g/mol. The van der Waals surface area contributed by atoms with E-state index in [0.717, 1.165) is 11.3 Å². The van der Waals surface area contributed by atoms with Crippen molar-refractivity contribution in [2.45, 2.75) is 19.4 Å². The fraction of sp³-hybridized carbons (Fsp3) is 0.333. The maximum Gasteiger partial charge on any atom is 0.274 e. The van der Waals surface area contributed by atoms with Gasteiger partial charge in [-0.05, 0) is 43.2 Å². The summed E-state index contributed by atoms with van der Waals surface area (Å²) in [5.74, 6) is -0.00606. The fourth-order valence-corrected chi connectivity index (χ4v) is 4.92.